The third kappa shape index (κ3) is 2.26. The molecule has 0 aliphatic carbocycles. The van der Waals surface area contributed by atoms with Gasteiger partial charge >= 0.3 is 0 Å². The van der Waals surface area contributed by atoms with Crippen LogP contribution in [0.15, 0.2) is 42.5 Å². The lowest BCUT2D eigenvalue weighted by molar-refractivity contribution is -0.117. The van der Waals surface area contributed by atoms with Crippen LogP contribution in [0.25, 0.3) is 0 Å². The van der Waals surface area contributed by atoms with Gasteiger partial charge in [0.15, 0.2) is 0 Å². The maximum absolute atomic E-state index is 11.0. The summed E-state index contributed by atoms with van der Waals surface area (Å²) in [6.45, 7) is 0.426. The van der Waals surface area contributed by atoms with Gasteiger partial charge in [0.05, 0.1) is 6.42 Å². The Hall–Kier alpha value is -2.33. The van der Waals surface area contributed by atoms with E-state index in [1.165, 1.54) is 0 Å². The minimum Gasteiger partial charge on any atom is -0.488 e. The number of carbonyl (C=O) groups is 1. The topological polar surface area (TPSA) is 72.6 Å². The largest absolute Gasteiger partial charge is 0.488 e. The van der Waals surface area contributed by atoms with Crippen molar-refractivity contribution in [2.75, 3.05) is 0 Å². The SMILES string of the molecule is NC(=O)Cc1ccc2c(c1)C(O)c1ccccc1CO2. The van der Waals surface area contributed by atoms with Gasteiger partial charge in [-0.15, -0.1) is 0 Å². The second kappa shape index (κ2) is 4.98. The van der Waals surface area contributed by atoms with Gasteiger partial charge in [0.25, 0.3) is 0 Å². The standard InChI is InChI=1S/C16H15NO3/c17-15(18)8-10-5-6-14-13(7-10)16(19)12-4-2-1-3-11(12)9-20-14/h1-7,16,19H,8-9H2,(H2,17,18). The average Bonchev–Trinajstić information content (AvgIpc) is 2.57. The Balaban J connectivity index is 2.06. The Morgan fingerprint density at radius 2 is 2.05 bits per heavy atom. The van der Waals surface area contributed by atoms with Crippen molar-refractivity contribution in [3.05, 3.63) is 64.7 Å². The lowest BCUT2D eigenvalue weighted by atomic mass is 9.96. The van der Waals surface area contributed by atoms with E-state index in [4.69, 9.17) is 10.5 Å². The zero-order valence-corrected chi connectivity index (χ0v) is 10.9. The molecule has 1 heterocycles. The number of ether oxygens (including phenoxy) is 1. The molecule has 4 nitrogen and oxygen atoms in total. The highest BCUT2D eigenvalue weighted by molar-refractivity contribution is 5.76. The van der Waals surface area contributed by atoms with E-state index in [1.54, 1.807) is 18.2 Å². The quantitative estimate of drug-likeness (QED) is 0.871. The number of hydrogen-bond acceptors (Lipinski definition) is 3. The number of carbonyl (C=O) groups excluding carboxylic acids is 1. The summed E-state index contributed by atoms with van der Waals surface area (Å²) in [5.41, 5.74) is 8.46. The number of amides is 1. The van der Waals surface area contributed by atoms with Crippen molar-refractivity contribution in [1.29, 1.82) is 0 Å². The first-order valence-electron chi connectivity index (χ1n) is 6.45. The van der Waals surface area contributed by atoms with Crippen LogP contribution in [0.2, 0.25) is 0 Å². The van der Waals surface area contributed by atoms with Crippen LogP contribution >= 0.6 is 0 Å². The fraction of sp³-hybridized carbons (Fsp3) is 0.188. The molecule has 4 heteroatoms. The average molecular weight is 269 g/mol. The summed E-state index contributed by atoms with van der Waals surface area (Å²) in [6.07, 6.45) is -0.599. The van der Waals surface area contributed by atoms with Gasteiger partial charge in [0.1, 0.15) is 18.5 Å². The minimum absolute atomic E-state index is 0.154. The summed E-state index contributed by atoms with van der Waals surface area (Å²) in [7, 11) is 0. The van der Waals surface area contributed by atoms with Gasteiger partial charge in [-0.25, -0.2) is 0 Å². The maximum Gasteiger partial charge on any atom is 0.221 e. The van der Waals surface area contributed by atoms with E-state index in [9.17, 15) is 9.90 Å². The van der Waals surface area contributed by atoms with Gasteiger partial charge in [-0.2, -0.15) is 0 Å². The molecule has 1 atom stereocenters. The normalized spacial score (nSPS) is 16.6. The van der Waals surface area contributed by atoms with Crippen LogP contribution in [-0.2, 0) is 17.8 Å². The predicted molar refractivity (Wildman–Crippen MR) is 74.2 cm³/mol. The smallest absolute Gasteiger partial charge is 0.221 e. The van der Waals surface area contributed by atoms with E-state index < -0.39 is 12.0 Å². The highest BCUT2D eigenvalue weighted by atomic mass is 16.5. The molecule has 0 spiro atoms. The van der Waals surface area contributed by atoms with E-state index in [0.717, 1.165) is 16.7 Å². The Morgan fingerprint density at radius 3 is 2.85 bits per heavy atom. The number of nitrogens with two attached hydrogens (primary N) is 1. The second-order valence-corrected chi connectivity index (χ2v) is 4.91. The fourth-order valence-electron chi connectivity index (χ4n) is 2.51. The molecular formula is C16H15NO3. The Morgan fingerprint density at radius 1 is 1.25 bits per heavy atom. The van der Waals surface area contributed by atoms with E-state index in [-0.39, 0.29) is 6.42 Å². The number of fused-ring (bicyclic) bond motifs is 2. The van der Waals surface area contributed by atoms with E-state index in [2.05, 4.69) is 0 Å². The van der Waals surface area contributed by atoms with Crippen molar-refractivity contribution in [3.8, 4) is 5.75 Å². The van der Waals surface area contributed by atoms with Crippen LogP contribution in [0.3, 0.4) is 0 Å². The number of primary amides is 1. The number of hydrogen-bond donors (Lipinski definition) is 2. The summed E-state index contributed by atoms with van der Waals surface area (Å²) < 4.78 is 5.73. The van der Waals surface area contributed by atoms with Gasteiger partial charge < -0.3 is 15.6 Å². The number of aliphatic hydroxyl groups is 1. The third-order valence-corrected chi connectivity index (χ3v) is 3.48. The molecule has 1 aliphatic heterocycles. The molecule has 3 rings (SSSR count). The van der Waals surface area contributed by atoms with Gasteiger partial charge in [0, 0.05) is 5.56 Å². The van der Waals surface area contributed by atoms with E-state index >= 15 is 0 Å². The summed E-state index contributed by atoms with van der Waals surface area (Å²) in [5, 5.41) is 10.6. The van der Waals surface area contributed by atoms with Crippen molar-refractivity contribution < 1.29 is 14.6 Å². The second-order valence-electron chi connectivity index (χ2n) is 4.91. The van der Waals surface area contributed by atoms with Crippen molar-refractivity contribution in [1.82, 2.24) is 0 Å². The molecular weight excluding hydrogens is 254 g/mol. The van der Waals surface area contributed by atoms with Crippen LogP contribution in [0.4, 0.5) is 0 Å². The fourth-order valence-corrected chi connectivity index (χ4v) is 2.51. The molecule has 0 bridgehead atoms. The lowest BCUT2D eigenvalue weighted by Crippen LogP contribution is -2.14. The molecule has 0 saturated carbocycles. The summed E-state index contributed by atoms with van der Waals surface area (Å²) in [5.74, 6) is 0.247. The lowest BCUT2D eigenvalue weighted by Gasteiger charge is -2.14. The van der Waals surface area contributed by atoms with Crippen LogP contribution in [0.1, 0.15) is 28.4 Å². The zero-order chi connectivity index (χ0) is 14.1. The van der Waals surface area contributed by atoms with Gasteiger partial charge in [0.2, 0.25) is 5.91 Å². The van der Waals surface area contributed by atoms with Gasteiger partial charge in [-0.05, 0) is 28.8 Å². The molecule has 102 valence electrons. The van der Waals surface area contributed by atoms with Crippen molar-refractivity contribution in [3.63, 3.8) is 0 Å². The first kappa shape index (κ1) is 12.7. The Kier molecular flexibility index (Phi) is 3.16. The Labute approximate surface area is 116 Å². The molecule has 0 fully saturated rings. The summed E-state index contributed by atoms with van der Waals surface area (Å²) in [6, 6.07) is 13.0. The van der Waals surface area contributed by atoms with E-state index in [0.29, 0.717) is 17.9 Å². The molecule has 0 saturated heterocycles. The molecule has 3 N–H and O–H groups in total. The zero-order valence-electron chi connectivity index (χ0n) is 10.9. The van der Waals surface area contributed by atoms with Gasteiger partial charge in [-0.1, -0.05) is 30.3 Å². The molecule has 1 unspecified atom stereocenters. The van der Waals surface area contributed by atoms with Crippen LogP contribution in [0.5, 0.6) is 5.75 Å². The molecule has 0 radical (unpaired) electrons. The first-order valence-corrected chi connectivity index (χ1v) is 6.45. The number of aliphatic hydroxyl groups excluding tert-OH is 1. The molecule has 0 aromatic heterocycles. The van der Waals surface area contributed by atoms with Crippen molar-refractivity contribution >= 4 is 5.91 Å². The first-order chi connectivity index (χ1) is 9.65. The van der Waals surface area contributed by atoms with Crippen molar-refractivity contribution in [2.24, 2.45) is 5.73 Å². The molecule has 1 amide bonds. The van der Waals surface area contributed by atoms with Crippen LogP contribution in [0, 0.1) is 0 Å². The number of rotatable bonds is 2. The van der Waals surface area contributed by atoms with Gasteiger partial charge in [-0.3, -0.25) is 4.79 Å². The summed E-state index contributed by atoms with van der Waals surface area (Å²) in [4.78, 5) is 11.0. The molecule has 2 aromatic rings. The monoisotopic (exact) mass is 269 g/mol. The highest BCUT2D eigenvalue weighted by Crippen LogP contribution is 2.36. The predicted octanol–water partition coefficient (Wildman–Crippen LogP) is 1.69. The highest BCUT2D eigenvalue weighted by Gasteiger charge is 2.22. The maximum atomic E-state index is 11.0. The molecule has 20 heavy (non-hydrogen) atoms. The van der Waals surface area contributed by atoms with E-state index in [1.807, 2.05) is 24.3 Å². The van der Waals surface area contributed by atoms with Crippen LogP contribution < -0.4 is 10.5 Å². The Bertz CT molecular complexity index is 667. The molecule has 2 aromatic carbocycles. The number of benzene rings is 2. The van der Waals surface area contributed by atoms with Crippen LogP contribution in [-0.4, -0.2) is 11.0 Å². The minimum atomic E-state index is -0.753. The summed E-state index contributed by atoms with van der Waals surface area (Å²) >= 11 is 0. The van der Waals surface area contributed by atoms with Crippen molar-refractivity contribution in [2.45, 2.75) is 19.1 Å². The molecule has 1 aliphatic rings. The third-order valence-electron chi connectivity index (χ3n) is 3.48.